The summed E-state index contributed by atoms with van der Waals surface area (Å²) in [4.78, 5) is 15.5. The van der Waals surface area contributed by atoms with E-state index < -0.39 is 5.97 Å². The zero-order chi connectivity index (χ0) is 17.1. The maximum atomic E-state index is 11.0. The lowest BCUT2D eigenvalue weighted by molar-refractivity contribution is 0.0697. The molecule has 2 aromatic carbocycles. The van der Waals surface area contributed by atoms with Gasteiger partial charge in [-0.05, 0) is 67.1 Å². The second-order valence-electron chi connectivity index (χ2n) is 5.34. The molecule has 0 radical (unpaired) electrons. The third-order valence-corrected chi connectivity index (χ3v) is 3.92. The smallest absolute Gasteiger partial charge is 0.335 e. The average Bonchev–Trinajstić information content (AvgIpc) is 3.02. The van der Waals surface area contributed by atoms with Crippen molar-refractivity contribution in [1.82, 2.24) is 4.57 Å². The minimum Gasteiger partial charge on any atom is -0.478 e. The molecular formula is C19H15ClN2O2. The van der Waals surface area contributed by atoms with Crippen molar-refractivity contribution in [2.75, 3.05) is 0 Å². The number of carboxylic acid groups (broad SMARTS) is 1. The Kier molecular flexibility index (Phi) is 4.49. The van der Waals surface area contributed by atoms with E-state index in [-0.39, 0.29) is 5.56 Å². The number of hydrogen-bond acceptors (Lipinski definition) is 2. The second kappa shape index (κ2) is 6.72. The van der Waals surface area contributed by atoms with Crippen LogP contribution in [0, 0.1) is 6.92 Å². The molecular weight excluding hydrogens is 324 g/mol. The largest absolute Gasteiger partial charge is 0.478 e. The first kappa shape index (κ1) is 16.0. The van der Waals surface area contributed by atoms with Crippen LogP contribution in [0.25, 0.3) is 5.69 Å². The average molecular weight is 339 g/mol. The number of aromatic nitrogens is 1. The van der Waals surface area contributed by atoms with Crippen LogP contribution in [0.15, 0.2) is 65.8 Å². The molecule has 1 aromatic heterocycles. The summed E-state index contributed by atoms with van der Waals surface area (Å²) >= 11 is 5.93. The fourth-order valence-electron chi connectivity index (χ4n) is 2.41. The molecule has 0 aliphatic carbocycles. The lowest BCUT2D eigenvalue weighted by atomic mass is 10.1. The summed E-state index contributed by atoms with van der Waals surface area (Å²) < 4.78 is 2.00. The molecule has 4 nitrogen and oxygen atoms in total. The van der Waals surface area contributed by atoms with Gasteiger partial charge < -0.3 is 9.67 Å². The van der Waals surface area contributed by atoms with Crippen molar-refractivity contribution in [2.45, 2.75) is 6.92 Å². The summed E-state index contributed by atoms with van der Waals surface area (Å²) in [5, 5.41) is 9.70. The third kappa shape index (κ3) is 3.39. The molecule has 3 aromatic rings. The number of carbonyl (C=O) groups is 1. The fourth-order valence-corrected chi connectivity index (χ4v) is 2.53. The van der Waals surface area contributed by atoms with Crippen molar-refractivity contribution in [1.29, 1.82) is 0 Å². The Morgan fingerprint density at radius 1 is 1.17 bits per heavy atom. The number of hydrogen-bond donors (Lipinski definition) is 1. The SMILES string of the molecule is Cc1cc(C(=O)O)ccc1N=Cc1cccn1-c1ccc(Cl)cc1. The van der Waals surface area contributed by atoms with Gasteiger partial charge in [0.2, 0.25) is 0 Å². The summed E-state index contributed by atoms with van der Waals surface area (Å²) in [7, 11) is 0. The lowest BCUT2D eigenvalue weighted by Gasteiger charge is -2.06. The Bertz CT molecular complexity index is 911. The molecule has 0 spiro atoms. The van der Waals surface area contributed by atoms with Crippen molar-refractivity contribution in [2.24, 2.45) is 4.99 Å². The van der Waals surface area contributed by atoms with Gasteiger partial charge in [0, 0.05) is 16.9 Å². The maximum Gasteiger partial charge on any atom is 0.335 e. The molecule has 3 rings (SSSR count). The van der Waals surface area contributed by atoms with Crippen molar-refractivity contribution >= 4 is 29.5 Å². The van der Waals surface area contributed by atoms with Crippen molar-refractivity contribution in [3.63, 3.8) is 0 Å². The van der Waals surface area contributed by atoms with Gasteiger partial charge in [-0.1, -0.05) is 11.6 Å². The Morgan fingerprint density at radius 3 is 2.58 bits per heavy atom. The van der Waals surface area contributed by atoms with Gasteiger partial charge in [0.1, 0.15) is 0 Å². The van der Waals surface area contributed by atoms with E-state index in [1.54, 1.807) is 24.4 Å². The molecule has 0 aliphatic rings. The van der Waals surface area contributed by atoms with Crippen molar-refractivity contribution in [3.8, 4) is 5.69 Å². The van der Waals surface area contributed by atoms with Gasteiger partial charge in [0.15, 0.2) is 0 Å². The molecule has 1 N–H and O–H groups in total. The minimum absolute atomic E-state index is 0.260. The molecule has 24 heavy (non-hydrogen) atoms. The van der Waals surface area contributed by atoms with Crippen LogP contribution in [-0.4, -0.2) is 21.9 Å². The molecule has 120 valence electrons. The first-order chi connectivity index (χ1) is 11.5. The predicted octanol–water partition coefficient (Wildman–Crippen LogP) is 4.89. The van der Waals surface area contributed by atoms with Crippen molar-refractivity contribution in [3.05, 3.63) is 82.6 Å². The number of aliphatic imine (C=N–C) groups is 1. The van der Waals surface area contributed by atoms with Crippen LogP contribution < -0.4 is 0 Å². The number of carboxylic acids is 1. The first-order valence-electron chi connectivity index (χ1n) is 7.36. The second-order valence-corrected chi connectivity index (χ2v) is 5.78. The van der Waals surface area contributed by atoms with E-state index in [4.69, 9.17) is 16.7 Å². The van der Waals surface area contributed by atoms with E-state index in [0.717, 1.165) is 22.6 Å². The summed E-state index contributed by atoms with van der Waals surface area (Å²) in [6.45, 7) is 1.84. The number of benzene rings is 2. The highest BCUT2D eigenvalue weighted by Gasteiger charge is 2.05. The van der Waals surface area contributed by atoms with E-state index in [0.29, 0.717) is 5.02 Å². The Hall–Kier alpha value is -2.85. The van der Waals surface area contributed by atoms with E-state index in [9.17, 15) is 4.79 Å². The van der Waals surface area contributed by atoms with E-state index in [2.05, 4.69) is 4.99 Å². The van der Waals surface area contributed by atoms with Gasteiger partial charge in [-0.2, -0.15) is 0 Å². The van der Waals surface area contributed by atoms with Gasteiger partial charge in [0.05, 0.1) is 23.2 Å². The highest BCUT2D eigenvalue weighted by Crippen LogP contribution is 2.21. The molecule has 0 saturated carbocycles. The number of rotatable bonds is 4. The molecule has 0 fully saturated rings. The highest BCUT2D eigenvalue weighted by atomic mass is 35.5. The van der Waals surface area contributed by atoms with Crippen LogP contribution in [0.2, 0.25) is 5.02 Å². The normalized spacial score (nSPS) is 11.1. The highest BCUT2D eigenvalue weighted by molar-refractivity contribution is 6.30. The molecule has 0 saturated heterocycles. The zero-order valence-corrected chi connectivity index (χ0v) is 13.7. The third-order valence-electron chi connectivity index (χ3n) is 3.66. The number of aromatic carboxylic acids is 1. The number of halogens is 1. The Morgan fingerprint density at radius 2 is 1.92 bits per heavy atom. The van der Waals surface area contributed by atoms with Crippen LogP contribution in [-0.2, 0) is 0 Å². The van der Waals surface area contributed by atoms with Gasteiger partial charge in [-0.15, -0.1) is 0 Å². The van der Waals surface area contributed by atoms with Crippen molar-refractivity contribution < 1.29 is 9.90 Å². The topological polar surface area (TPSA) is 54.6 Å². The molecule has 0 aliphatic heterocycles. The fraction of sp³-hybridized carbons (Fsp3) is 0.0526. The van der Waals surface area contributed by atoms with Gasteiger partial charge in [-0.3, -0.25) is 4.99 Å². The molecule has 0 atom stereocenters. The van der Waals surface area contributed by atoms with E-state index in [1.165, 1.54) is 0 Å². The zero-order valence-electron chi connectivity index (χ0n) is 13.0. The van der Waals surface area contributed by atoms with Gasteiger partial charge >= 0.3 is 5.97 Å². The first-order valence-corrected chi connectivity index (χ1v) is 7.74. The maximum absolute atomic E-state index is 11.0. The Labute approximate surface area is 144 Å². The van der Waals surface area contributed by atoms with Gasteiger partial charge in [0.25, 0.3) is 0 Å². The minimum atomic E-state index is -0.940. The number of nitrogens with zero attached hydrogens (tertiary/aromatic N) is 2. The number of aryl methyl sites for hydroxylation is 1. The summed E-state index contributed by atoms with van der Waals surface area (Å²) in [5.41, 5.74) is 3.72. The summed E-state index contributed by atoms with van der Waals surface area (Å²) in [6, 6.07) is 16.3. The Balaban J connectivity index is 1.90. The summed E-state index contributed by atoms with van der Waals surface area (Å²) in [6.07, 6.45) is 3.71. The van der Waals surface area contributed by atoms with Crippen LogP contribution >= 0.6 is 11.6 Å². The van der Waals surface area contributed by atoms with E-state index in [1.807, 2.05) is 54.1 Å². The van der Waals surface area contributed by atoms with Crippen LogP contribution in [0.5, 0.6) is 0 Å². The predicted molar refractivity (Wildman–Crippen MR) is 96.2 cm³/mol. The monoisotopic (exact) mass is 338 g/mol. The molecule has 0 amide bonds. The molecule has 5 heteroatoms. The molecule has 0 bridgehead atoms. The van der Waals surface area contributed by atoms with Crippen LogP contribution in [0.1, 0.15) is 21.6 Å². The van der Waals surface area contributed by atoms with Gasteiger partial charge in [-0.25, -0.2) is 4.79 Å². The lowest BCUT2D eigenvalue weighted by Crippen LogP contribution is -1.98. The summed E-state index contributed by atoms with van der Waals surface area (Å²) in [5.74, 6) is -0.940. The molecule has 0 unspecified atom stereocenters. The van der Waals surface area contributed by atoms with Crippen LogP contribution in [0.4, 0.5) is 5.69 Å². The molecule has 1 heterocycles. The van der Waals surface area contributed by atoms with E-state index >= 15 is 0 Å². The standard InChI is InChI=1S/C19H15ClN2O2/c1-13-11-14(19(23)24)4-9-18(13)21-12-17-3-2-10-22(17)16-7-5-15(20)6-8-16/h2-12H,1H3,(H,23,24). The quantitative estimate of drug-likeness (QED) is 0.689. The van der Waals surface area contributed by atoms with Crippen LogP contribution in [0.3, 0.4) is 0 Å².